The second-order valence-corrected chi connectivity index (χ2v) is 8.74. The molecule has 0 bridgehead atoms. The number of nitrogens with zero attached hydrogens (tertiary/aromatic N) is 2. The summed E-state index contributed by atoms with van der Waals surface area (Å²) >= 11 is 2.92. The first-order valence-electron chi connectivity index (χ1n) is 7.79. The van der Waals surface area contributed by atoms with E-state index in [2.05, 4.69) is 10.6 Å². The molecule has 8 heteroatoms. The van der Waals surface area contributed by atoms with Gasteiger partial charge in [0.05, 0.1) is 16.3 Å². The lowest BCUT2D eigenvalue weighted by molar-refractivity contribution is -0.690. The standard InChI is InChI=1S/C16H16N2O4S2/c1-8(19)11-13(20)18-12(15(21)22)16(24-14(11)18)23-10-5-7-17-6-3-2-4-9(10)17/h2-4,6,8,10-11,14,19H,5,7H2,1H3/p+1/t8-,10?,11+,14-/m1/s1. The van der Waals surface area contributed by atoms with Crippen LogP contribution in [0.1, 0.15) is 24.3 Å². The summed E-state index contributed by atoms with van der Waals surface area (Å²) in [6.07, 6.45) is 2.20. The average Bonchev–Trinajstić information content (AvgIpc) is 3.07. The van der Waals surface area contributed by atoms with Crippen LogP contribution in [0.5, 0.6) is 0 Å². The van der Waals surface area contributed by atoms with E-state index in [4.69, 9.17) is 0 Å². The third kappa shape index (κ3) is 2.28. The number of pyridine rings is 1. The molecule has 3 aliphatic heterocycles. The number of carbonyl (C=O) groups is 2. The summed E-state index contributed by atoms with van der Waals surface area (Å²) in [4.78, 5) is 25.3. The van der Waals surface area contributed by atoms with Gasteiger partial charge in [-0.3, -0.25) is 9.69 Å². The fourth-order valence-corrected chi connectivity index (χ4v) is 6.77. The number of aryl methyl sites for hydroxylation is 1. The first-order valence-corrected chi connectivity index (χ1v) is 9.55. The van der Waals surface area contributed by atoms with Crippen LogP contribution in [0, 0.1) is 5.92 Å². The second-order valence-electron chi connectivity index (χ2n) is 6.14. The zero-order chi connectivity index (χ0) is 17.0. The van der Waals surface area contributed by atoms with Gasteiger partial charge in [-0.1, -0.05) is 17.8 Å². The summed E-state index contributed by atoms with van der Waals surface area (Å²) in [7, 11) is 0. The molecule has 3 aliphatic rings. The van der Waals surface area contributed by atoms with Crippen LogP contribution in [0.3, 0.4) is 0 Å². The minimum absolute atomic E-state index is 0.0753. The molecule has 0 aromatic carbocycles. The summed E-state index contributed by atoms with van der Waals surface area (Å²) in [6.45, 7) is 2.49. The van der Waals surface area contributed by atoms with Crippen LogP contribution in [0.15, 0.2) is 34.3 Å². The average molecular weight is 365 g/mol. The zero-order valence-corrected chi connectivity index (χ0v) is 14.6. The molecular formula is C16H17N2O4S2+. The molecule has 0 spiro atoms. The molecule has 4 atom stereocenters. The maximum absolute atomic E-state index is 12.2. The Labute approximate surface area is 147 Å². The van der Waals surface area contributed by atoms with E-state index in [1.807, 2.05) is 18.3 Å². The van der Waals surface area contributed by atoms with Crippen LogP contribution in [0.4, 0.5) is 0 Å². The molecule has 1 aromatic heterocycles. The topological polar surface area (TPSA) is 81.7 Å². The van der Waals surface area contributed by atoms with Crippen LogP contribution in [0.2, 0.25) is 0 Å². The summed E-state index contributed by atoms with van der Waals surface area (Å²) in [5.74, 6) is -1.90. The Kier molecular flexibility index (Phi) is 3.85. The highest BCUT2D eigenvalue weighted by Gasteiger charge is 2.58. The maximum atomic E-state index is 12.2. The van der Waals surface area contributed by atoms with Crippen molar-refractivity contribution in [2.24, 2.45) is 5.92 Å². The lowest BCUT2D eigenvalue weighted by Gasteiger charge is -2.43. The van der Waals surface area contributed by atoms with Gasteiger partial charge in [0.2, 0.25) is 5.91 Å². The summed E-state index contributed by atoms with van der Waals surface area (Å²) < 4.78 is 2.85. The smallest absolute Gasteiger partial charge is 0.354 e. The molecule has 126 valence electrons. The molecule has 4 heterocycles. The minimum atomic E-state index is -1.08. The second kappa shape index (κ2) is 5.79. The molecule has 1 unspecified atom stereocenters. The number of aliphatic hydroxyl groups excluding tert-OH is 1. The van der Waals surface area contributed by atoms with Crippen LogP contribution in [-0.4, -0.2) is 38.5 Å². The van der Waals surface area contributed by atoms with Gasteiger partial charge in [-0.2, -0.15) is 0 Å². The van der Waals surface area contributed by atoms with Gasteiger partial charge >= 0.3 is 5.97 Å². The number of carboxylic acids is 1. The van der Waals surface area contributed by atoms with E-state index in [0.29, 0.717) is 4.24 Å². The SMILES string of the molecule is C[C@@H](O)[C@H]1C(=O)N2C(C(=O)O)=C(SC3CC[n+]4ccccc43)S[C@H]12. The molecule has 2 N–H and O–H groups in total. The predicted molar refractivity (Wildman–Crippen MR) is 89.6 cm³/mol. The first-order chi connectivity index (χ1) is 11.5. The number of aliphatic carboxylic acids is 1. The minimum Gasteiger partial charge on any atom is -0.477 e. The molecule has 0 aliphatic carbocycles. The number of amides is 1. The fraction of sp³-hybridized carbons (Fsp3) is 0.438. The highest BCUT2D eigenvalue weighted by molar-refractivity contribution is 8.22. The monoisotopic (exact) mass is 365 g/mol. The van der Waals surface area contributed by atoms with Crippen molar-refractivity contribution in [3.05, 3.63) is 40.0 Å². The predicted octanol–water partition coefficient (Wildman–Crippen LogP) is 1.32. The number of carboxylic acid groups (broad SMARTS) is 1. The van der Waals surface area contributed by atoms with Gasteiger partial charge < -0.3 is 10.2 Å². The quantitative estimate of drug-likeness (QED) is 0.619. The van der Waals surface area contributed by atoms with E-state index >= 15 is 0 Å². The number of hydrogen-bond acceptors (Lipinski definition) is 5. The van der Waals surface area contributed by atoms with Crippen molar-refractivity contribution in [3.8, 4) is 0 Å². The van der Waals surface area contributed by atoms with E-state index in [0.717, 1.165) is 13.0 Å². The molecule has 1 aromatic rings. The van der Waals surface area contributed by atoms with Crippen LogP contribution < -0.4 is 4.57 Å². The molecule has 1 amide bonds. The Balaban J connectivity index is 1.62. The molecule has 0 saturated carbocycles. The van der Waals surface area contributed by atoms with Crippen molar-refractivity contribution >= 4 is 35.4 Å². The molecule has 1 fully saturated rings. The molecule has 0 radical (unpaired) electrons. The Hall–Kier alpha value is -1.51. The summed E-state index contributed by atoms with van der Waals surface area (Å²) in [6, 6.07) is 6.03. The summed E-state index contributed by atoms with van der Waals surface area (Å²) in [5, 5.41) is 19.2. The van der Waals surface area contributed by atoms with Crippen molar-refractivity contribution in [2.45, 2.75) is 36.6 Å². The Morgan fingerprint density at radius 3 is 3.00 bits per heavy atom. The zero-order valence-electron chi connectivity index (χ0n) is 13.0. The van der Waals surface area contributed by atoms with E-state index in [1.165, 1.54) is 34.1 Å². The highest BCUT2D eigenvalue weighted by atomic mass is 32.2. The number of rotatable bonds is 4. The number of fused-ring (bicyclic) bond motifs is 2. The van der Waals surface area contributed by atoms with Gasteiger partial charge in [0.25, 0.3) is 0 Å². The molecule has 4 rings (SSSR count). The van der Waals surface area contributed by atoms with Crippen LogP contribution in [-0.2, 0) is 16.1 Å². The number of β-lactam (4-membered cyclic amide) rings is 1. The van der Waals surface area contributed by atoms with Crippen molar-refractivity contribution in [3.63, 3.8) is 0 Å². The molecule has 6 nitrogen and oxygen atoms in total. The molecular weight excluding hydrogens is 348 g/mol. The van der Waals surface area contributed by atoms with Gasteiger partial charge in [-0.15, -0.1) is 11.8 Å². The normalized spacial score (nSPS) is 29.3. The first kappa shape index (κ1) is 16.0. The number of hydrogen-bond donors (Lipinski definition) is 2. The van der Waals surface area contributed by atoms with E-state index in [9.17, 15) is 19.8 Å². The largest absolute Gasteiger partial charge is 0.477 e. The van der Waals surface area contributed by atoms with Crippen molar-refractivity contribution in [1.29, 1.82) is 0 Å². The Morgan fingerprint density at radius 1 is 1.50 bits per heavy atom. The molecule has 1 saturated heterocycles. The van der Waals surface area contributed by atoms with Gasteiger partial charge in [0.15, 0.2) is 17.6 Å². The lowest BCUT2D eigenvalue weighted by atomic mass is 9.92. The highest BCUT2D eigenvalue weighted by Crippen LogP contribution is 2.56. The third-order valence-electron chi connectivity index (χ3n) is 4.66. The Bertz CT molecular complexity index is 764. The van der Waals surface area contributed by atoms with Crippen molar-refractivity contribution in [1.82, 2.24) is 4.90 Å². The van der Waals surface area contributed by atoms with E-state index in [1.54, 1.807) is 6.92 Å². The summed E-state index contributed by atoms with van der Waals surface area (Å²) in [5.41, 5.74) is 1.25. The van der Waals surface area contributed by atoms with Gasteiger partial charge in [0, 0.05) is 18.6 Å². The number of carbonyl (C=O) groups excluding carboxylic acids is 1. The number of aromatic nitrogens is 1. The number of aliphatic hydroxyl groups is 1. The molecule has 24 heavy (non-hydrogen) atoms. The maximum Gasteiger partial charge on any atom is 0.354 e. The van der Waals surface area contributed by atoms with E-state index < -0.39 is 18.0 Å². The van der Waals surface area contributed by atoms with Crippen LogP contribution in [0.25, 0.3) is 0 Å². The third-order valence-corrected chi connectivity index (χ3v) is 7.56. The van der Waals surface area contributed by atoms with Gasteiger partial charge in [-0.25, -0.2) is 9.36 Å². The Morgan fingerprint density at radius 2 is 2.29 bits per heavy atom. The van der Waals surface area contributed by atoms with Crippen molar-refractivity contribution < 1.29 is 24.4 Å². The van der Waals surface area contributed by atoms with Crippen LogP contribution >= 0.6 is 23.5 Å². The number of thioether (sulfide) groups is 2. The lowest BCUT2D eigenvalue weighted by Crippen LogP contribution is -2.60. The van der Waals surface area contributed by atoms with Gasteiger partial charge in [-0.05, 0) is 6.92 Å². The van der Waals surface area contributed by atoms with Gasteiger partial charge in [0.1, 0.15) is 17.2 Å². The van der Waals surface area contributed by atoms with Crippen molar-refractivity contribution in [2.75, 3.05) is 0 Å². The fourth-order valence-electron chi connectivity index (χ4n) is 3.47. The van der Waals surface area contributed by atoms with E-state index in [-0.39, 0.29) is 22.2 Å².